The lowest BCUT2D eigenvalue weighted by atomic mass is 9.93. The van der Waals surface area contributed by atoms with Gasteiger partial charge in [0.25, 0.3) is 0 Å². The van der Waals surface area contributed by atoms with Gasteiger partial charge >= 0.3 is 0 Å². The van der Waals surface area contributed by atoms with Crippen molar-refractivity contribution >= 4 is 35.8 Å². The summed E-state index contributed by atoms with van der Waals surface area (Å²) in [5, 5.41) is 6.21. The summed E-state index contributed by atoms with van der Waals surface area (Å²) in [6, 6.07) is 0. The molecule has 2 N–H and O–H groups in total. The van der Waals surface area contributed by atoms with Crippen molar-refractivity contribution in [2.24, 2.45) is 10.4 Å². The maximum atomic E-state index is 11.8. The van der Waals surface area contributed by atoms with Crippen LogP contribution in [0.15, 0.2) is 4.99 Å². The molecular formula is C15H31IN4O. The highest BCUT2D eigenvalue weighted by Crippen LogP contribution is 2.28. The van der Waals surface area contributed by atoms with E-state index in [-0.39, 0.29) is 42.0 Å². The van der Waals surface area contributed by atoms with Crippen molar-refractivity contribution in [3.63, 3.8) is 0 Å². The van der Waals surface area contributed by atoms with E-state index < -0.39 is 0 Å². The minimum absolute atomic E-state index is 0. The number of guanidine groups is 1. The summed E-state index contributed by atoms with van der Waals surface area (Å²) in [6.45, 7) is 15.5. The fourth-order valence-corrected chi connectivity index (χ4v) is 2.32. The molecule has 1 rings (SSSR count). The average Bonchev–Trinajstić information content (AvgIpc) is 2.62. The number of carbonyl (C=O) groups is 1. The summed E-state index contributed by atoms with van der Waals surface area (Å²) >= 11 is 0. The van der Waals surface area contributed by atoms with Crippen LogP contribution in [0.4, 0.5) is 0 Å². The minimum Gasteiger partial charge on any atom is -0.357 e. The van der Waals surface area contributed by atoms with Gasteiger partial charge in [-0.3, -0.25) is 4.79 Å². The van der Waals surface area contributed by atoms with Crippen LogP contribution in [0, 0.1) is 5.41 Å². The van der Waals surface area contributed by atoms with Crippen molar-refractivity contribution < 1.29 is 4.79 Å². The Balaban J connectivity index is 0.00000400. The first-order chi connectivity index (χ1) is 9.13. The number of nitrogens with one attached hydrogen (secondary N) is 2. The summed E-state index contributed by atoms with van der Waals surface area (Å²) in [5.74, 6) is 0.813. The van der Waals surface area contributed by atoms with Gasteiger partial charge in [-0.25, -0.2) is 4.99 Å². The Morgan fingerprint density at radius 1 is 1.33 bits per heavy atom. The van der Waals surface area contributed by atoms with Crippen molar-refractivity contribution in [3.8, 4) is 0 Å². The number of amides is 1. The standard InChI is InChI=1S/C15H30N4O.HI/c1-7-16-13(19-9-8-15(5,6)11-19)17-10-12(20)18-14(2,3)4;/h7-11H2,1-6H3,(H,16,17)(H,18,20);1H. The van der Waals surface area contributed by atoms with E-state index in [0.29, 0.717) is 5.41 Å². The van der Waals surface area contributed by atoms with Crippen molar-refractivity contribution in [2.45, 2.75) is 53.5 Å². The molecule has 0 atom stereocenters. The van der Waals surface area contributed by atoms with Crippen molar-refractivity contribution in [1.82, 2.24) is 15.5 Å². The van der Waals surface area contributed by atoms with Crippen LogP contribution in [0.5, 0.6) is 0 Å². The number of hydrogen-bond donors (Lipinski definition) is 2. The molecule has 0 radical (unpaired) electrons. The Labute approximate surface area is 146 Å². The largest absolute Gasteiger partial charge is 0.357 e. The van der Waals surface area contributed by atoms with Gasteiger partial charge in [-0.05, 0) is 39.5 Å². The molecule has 124 valence electrons. The molecule has 0 spiro atoms. The third kappa shape index (κ3) is 7.87. The fraction of sp³-hybridized carbons (Fsp3) is 0.867. The number of halogens is 1. The van der Waals surface area contributed by atoms with Gasteiger partial charge in [-0.1, -0.05) is 13.8 Å². The molecule has 0 aromatic rings. The summed E-state index contributed by atoms with van der Waals surface area (Å²) in [4.78, 5) is 18.6. The Morgan fingerprint density at radius 2 is 1.95 bits per heavy atom. The number of carbonyl (C=O) groups excluding carboxylic acids is 1. The first kappa shape index (κ1) is 20.5. The smallest absolute Gasteiger partial charge is 0.242 e. The SMILES string of the molecule is CCNC(=NCC(=O)NC(C)(C)C)N1CCC(C)(C)C1.I. The van der Waals surface area contributed by atoms with Crippen molar-refractivity contribution in [2.75, 3.05) is 26.2 Å². The van der Waals surface area contributed by atoms with Gasteiger partial charge in [0.2, 0.25) is 5.91 Å². The van der Waals surface area contributed by atoms with E-state index in [1.54, 1.807) is 0 Å². The van der Waals surface area contributed by atoms with E-state index in [9.17, 15) is 4.79 Å². The molecule has 1 amide bonds. The molecule has 0 saturated carbocycles. The minimum atomic E-state index is -0.208. The van der Waals surface area contributed by atoms with Crippen LogP contribution < -0.4 is 10.6 Å². The molecule has 1 saturated heterocycles. The Kier molecular flexibility index (Phi) is 7.99. The lowest BCUT2D eigenvalue weighted by Crippen LogP contribution is -2.44. The molecule has 0 bridgehead atoms. The van der Waals surface area contributed by atoms with Crippen LogP contribution in [0.25, 0.3) is 0 Å². The molecule has 1 aliphatic rings. The van der Waals surface area contributed by atoms with E-state index in [2.05, 4.69) is 34.4 Å². The van der Waals surface area contributed by atoms with Crippen LogP contribution in [0.2, 0.25) is 0 Å². The number of nitrogens with zero attached hydrogens (tertiary/aromatic N) is 2. The number of rotatable bonds is 3. The predicted molar refractivity (Wildman–Crippen MR) is 99.3 cm³/mol. The number of aliphatic imine (C=N–C) groups is 1. The van der Waals surface area contributed by atoms with Crippen LogP contribution in [-0.4, -0.2) is 48.5 Å². The first-order valence-corrected chi connectivity index (χ1v) is 7.47. The van der Waals surface area contributed by atoms with Gasteiger partial charge in [-0.2, -0.15) is 0 Å². The third-order valence-corrected chi connectivity index (χ3v) is 3.20. The van der Waals surface area contributed by atoms with Gasteiger partial charge in [0.15, 0.2) is 5.96 Å². The molecule has 21 heavy (non-hydrogen) atoms. The topological polar surface area (TPSA) is 56.7 Å². The molecule has 1 heterocycles. The van der Waals surface area contributed by atoms with Gasteiger partial charge in [0, 0.05) is 25.2 Å². The predicted octanol–water partition coefficient (Wildman–Crippen LogP) is 2.22. The fourth-order valence-electron chi connectivity index (χ4n) is 2.32. The maximum Gasteiger partial charge on any atom is 0.242 e. The van der Waals surface area contributed by atoms with E-state index in [4.69, 9.17) is 0 Å². The second-order valence-electron chi connectivity index (χ2n) is 7.30. The van der Waals surface area contributed by atoms with Gasteiger partial charge in [0.1, 0.15) is 6.54 Å². The third-order valence-electron chi connectivity index (χ3n) is 3.20. The highest BCUT2D eigenvalue weighted by atomic mass is 127. The van der Waals surface area contributed by atoms with Crippen LogP contribution >= 0.6 is 24.0 Å². The van der Waals surface area contributed by atoms with Crippen LogP contribution in [0.3, 0.4) is 0 Å². The summed E-state index contributed by atoms with van der Waals surface area (Å²) in [6.07, 6.45) is 1.16. The Hall–Kier alpha value is -0.530. The highest BCUT2D eigenvalue weighted by Gasteiger charge is 2.30. The van der Waals surface area contributed by atoms with E-state index >= 15 is 0 Å². The lowest BCUT2D eigenvalue weighted by molar-refractivity contribution is -0.121. The van der Waals surface area contributed by atoms with Gasteiger partial charge in [-0.15, -0.1) is 24.0 Å². The monoisotopic (exact) mass is 410 g/mol. The molecule has 0 aliphatic carbocycles. The maximum absolute atomic E-state index is 11.8. The summed E-state index contributed by atoms with van der Waals surface area (Å²) < 4.78 is 0. The molecule has 1 fully saturated rings. The van der Waals surface area contributed by atoms with E-state index in [1.165, 1.54) is 0 Å². The van der Waals surface area contributed by atoms with E-state index in [1.807, 2.05) is 27.7 Å². The normalized spacial score (nSPS) is 18.2. The van der Waals surface area contributed by atoms with Gasteiger partial charge < -0.3 is 15.5 Å². The molecule has 5 nitrogen and oxygen atoms in total. The highest BCUT2D eigenvalue weighted by molar-refractivity contribution is 14.0. The molecule has 0 aromatic heterocycles. The average molecular weight is 410 g/mol. The van der Waals surface area contributed by atoms with E-state index in [0.717, 1.165) is 32.0 Å². The molecule has 0 aromatic carbocycles. The molecular weight excluding hydrogens is 379 g/mol. The quantitative estimate of drug-likeness (QED) is 0.426. The van der Waals surface area contributed by atoms with Crippen molar-refractivity contribution in [1.29, 1.82) is 0 Å². The second-order valence-corrected chi connectivity index (χ2v) is 7.30. The molecule has 6 heteroatoms. The second kappa shape index (κ2) is 8.19. The number of likely N-dealkylation sites (tertiary alicyclic amines) is 1. The summed E-state index contributed by atoms with van der Waals surface area (Å²) in [7, 11) is 0. The Morgan fingerprint density at radius 3 is 2.38 bits per heavy atom. The van der Waals surface area contributed by atoms with Crippen LogP contribution in [0.1, 0.15) is 48.0 Å². The zero-order valence-electron chi connectivity index (χ0n) is 14.2. The molecule has 0 unspecified atom stereocenters. The lowest BCUT2D eigenvalue weighted by Gasteiger charge is -2.24. The molecule has 1 aliphatic heterocycles. The zero-order valence-corrected chi connectivity index (χ0v) is 16.6. The van der Waals surface area contributed by atoms with Crippen LogP contribution in [-0.2, 0) is 4.79 Å². The summed E-state index contributed by atoms with van der Waals surface area (Å²) in [5.41, 5.74) is 0.116. The first-order valence-electron chi connectivity index (χ1n) is 7.47. The van der Waals surface area contributed by atoms with Gasteiger partial charge in [0.05, 0.1) is 0 Å². The zero-order chi connectivity index (χ0) is 15.4. The van der Waals surface area contributed by atoms with Crippen molar-refractivity contribution in [3.05, 3.63) is 0 Å². The Bertz CT molecular complexity index is 374. The number of hydrogen-bond acceptors (Lipinski definition) is 2.